The van der Waals surface area contributed by atoms with E-state index in [0.717, 1.165) is 27.5 Å². The summed E-state index contributed by atoms with van der Waals surface area (Å²) in [6.07, 6.45) is 4.34. The molecule has 0 spiro atoms. The molecule has 3 rings (SSSR count). The van der Waals surface area contributed by atoms with E-state index in [1.165, 1.54) is 0 Å². The topological polar surface area (TPSA) is 51.0 Å². The van der Waals surface area contributed by atoms with Crippen molar-refractivity contribution in [3.05, 3.63) is 58.3 Å². The summed E-state index contributed by atoms with van der Waals surface area (Å²) in [5, 5.41) is 5.28. The minimum absolute atomic E-state index is 0.00759. The number of halogens is 1. The van der Waals surface area contributed by atoms with Gasteiger partial charge in [0.05, 0.1) is 17.8 Å². The highest BCUT2D eigenvalue weighted by molar-refractivity contribution is 9.10. The Hall–Kier alpha value is -2.21. The molecule has 2 aromatic heterocycles. The van der Waals surface area contributed by atoms with Gasteiger partial charge < -0.3 is 4.90 Å². The third-order valence-electron chi connectivity index (χ3n) is 4.72. The number of carbonyl (C=O) groups excluding carboxylic acids is 1. The predicted octanol–water partition coefficient (Wildman–Crippen LogP) is 5.39. The SMILES string of the molecule is CCCN(C(=O)c1cnc2c(cnn2C(C)C)c1)C(C)c1ccccc1Br. The molecule has 0 N–H and O–H groups in total. The minimum atomic E-state index is -0.0397. The van der Waals surface area contributed by atoms with Gasteiger partial charge in [0.1, 0.15) is 0 Å². The van der Waals surface area contributed by atoms with E-state index in [1.807, 2.05) is 33.8 Å². The van der Waals surface area contributed by atoms with Gasteiger partial charge in [0.25, 0.3) is 5.91 Å². The molecular weight excluding hydrogens is 404 g/mol. The van der Waals surface area contributed by atoms with E-state index in [-0.39, 0.29) is 18.0 Å². The Morgan fingerprint density at radius 2 is 1.96 bits per heavy atom. The zero-order valence-corrected chi connectivity index (χ0v) is 17.8. The number of hydrogen-bond acceptors (Lipinski definition) is 3. The number of amides is 1. The zero-order valence-electron chi connectivity index (χ0n) is 16.2. The molecule has 0 radical (unpaired) electrons. The molecule has 1 amide bonds. The van der Waals surface area contributed by atoms with Gasteiger partial charge in [-0.2, -0.15) is 5.10 Å². The Balaban J connectivity index is 1.95. The van der Waals surface area contributed by atoms with Gasteiger partial charge in [-0.05, 0) is 44.9 Å². The molecule has 0 aliphatic heterocycles. The molecule has 1 unspecified atom stereocenters. The third-order valence-corrected chi connectivity index (χ3v) is 5.44. The summed E-state index contributed by atoms with van der Waals surface area (Å²) in [4.78, 5) is 19.7. The maximum absolute atomic E-state index is 13.3. The number of aromatic nitrogens is 3. The summed E-state index contributed by atoms with van der Waals surface area (Å²) in [5.41, 5.74) is 2.50. The van der Waals surface area contributed by atoms with E-state index >= 15 is 0 Å². The molecule has 0 fully saturated rings. The van der Waals surface area contributed by atoms with Crippen molar-refractivity contribution in [3.8, 4) is 0 Å². The van der Waals surface area contributed by atoms with Gasteiger partial charge >= 0.3 is 0 Å². The first-order chi connectivity index (χ1) is 12.9. The summed E-state index contributed by atoms with van der Waals surface area (Å²) >= 11 is 3.61. The summed E-state index contributed by atoms with van der Waals surface area (Å²) in [6.45, 7) is 8.97. The fourth-order valence-corrected chi connectivity index (χ4v) is 3.91. The van der Waals surface area contributed by atoms with E-state index in [1.54, 1.807) is 12.4 Å². The van der Waals surface area contributed by atoms with Crippen LogP contribution < -0.4 is 0 Å². The quantitative estimate of drug-likeness (QED) is 0.528. The van der Waals surface area contributed by atoms with Crippen LogP contribution in [-0.2, 0) is 0 Å². The van der Waals surface area contributed by atoms with Gasteiger partial charge in [0.2, 0.25) is 0 Å². The third kappa shape index (κ3) is 3.90. The Bertz CT molecular complexity index is 950. The van der Waals surface area contributed by atoms with Crippen LogP contribution in [0.4, 0.5) is 0 Å². The average molecular weight is 429 g/mol. The number of nitrogens with zero attached hydrogens (tertiary/aromatic N) is 4. The number of rotatable bonds is 6. The lowest BCUT2D eigenvalue weighted by Gasteiger charge is -2.30. The Kier molecular flexibility index (Phi) is 5.95. The number of pyridine rings is 1. The van der Waals surface area contributed by atoms with Crippen LogP contribution in [0.25, 0.3) is 11.0 Å². The molecule has 5 nitrogen and oxygen atoms in total. The maximum Gasteiger partial charge on any atom is 0.255 e. The van der Waals surface area contributed by atoms with Gasteiger partial charge in [0, 0.05) is 28.6 Å². The number of hydrogen-bond donors (Lipinski definition) is 0. The van der Waals surface area contributed by atoms with Gasteiger partial charge in [-0.15, -0.1) is 0 Å². The van der Waals surface area contributed by atoms with Gasteiger partial charge in [-0.3, -0.25) is 4.79 Å². The fourth-order valence-electron chi connectivity index (χ4n) is 3.29. The smallest absolute Gasteiger partial charge is 0.255 e. The Morgan fingerprint density at radius 1 is 1.22 bits per heavy atom. The number of benzene rings is 1. The largest absolute Gasteiger partial charge is 0.332 e. The van der Waals surface area contributed by atoms with Gasteiger partial charge in [-0.25, -0.2) is 9.67 Å². The van der Waals surface area contributed by atoms with Crippen LogP contribution in [0.3, 0.4) is 0 Å². The van der Waals surface area contributed by atoms with Crippen LogP contribution in [0.15, 0.2) is 47.2 Å². The van der Waals surface area contributed by atoms with Crippen LogP contribution in [0.5, 0.6) is 0 Å². The molecule has 0 aliphatic carbocycles. The van der Waals surface area contributed by atoms with Crippen LogP contribution >= 0.6 is 15.9 Å². The number of fused-ring (bicyclic) bond motifs is 1. The molecule has 1 aromatic carbocycles. The maximum atomic E-state index is 13.3. The molecule has 0 saturated heterocycles. The van der Waals surface area contributed by atoms with Crippen molar-refractivity contribution in [2.75, 3.05) is 6.54 Å². The van der Waals surface area contributed by atoms with E-state index in [2.05, 4.69) is 59.8 Å². The second-order valence-corrected chi connectivity index (χ2v) is 7.87. The fraction of sp³-hybridized carbons (Fsp3) is 0.381. The normalized spacial score (nSPS) is 12.5. The average Bonchev–Trinajstić information content (AvgIpc) is 3.09. The van der Waals surface area contributed by atoms with Gasteiger partial charge in [0.15, 0.2) is 5.65 Å². The van der Waals surface area contributed by atoms with Crippen molar-refractivity contribution in [3.63, 3.8) is 0 Å². The standard InChI is InChI=1S/C21H25BrN4O/c1-5-10-25(15(4)18-8-6-7-9-19(18)22)21(27)17-11-16-13-24-26(14(2)3)20(16)23-12-17/h6-9,11-15H,5,10H2,1-4H3. The highest BCUT2D eigenvalue weighted by atomic mass is 79.9. The summed E-state index contributed by atoms with van der Waals surface area (Å²) < 4.78 is 2.88. The van der Waals surface area contributed by atoms with Gasteiger partial charge in [-0.1, -0.05) is 41.1 Å². The summed E-state index contributed by atoms with van der Waals surface area (Å²) in [5.74, 6) is -0.00759. The Morgan fingerprint density at radius 3 is 2.63 bits per heavy atom. The van der Waals surface area contributed by atoms with Crippen molar-refractivity contribution in [1.29, 1.82) is 0 Å². The zero-order chi connectivity index (χ0) is 19.6. The van der Waals surface area contributed by atoms with Crippen molar-refractivity contribution in [2.24, 2.45) is 0 Å². The molecule has 0 aliphatic rings. The van der Waals surface area contributed by atoms with Crippen molar-refractivity contribution >= 4 is 32.9 Å². The first-order valence-electron chi connectivity index (χ1n) is 9.32. The molecule has 0 bridgehead atoms. The molecular formula is C21H25BrN4O. The molecule has 2 heterocycles. The molecule has 27 heavy (non-hydrogen) atoms. The second kappa shape index (κ2) is 8.21. The van der Waals surface area contributed by atoms with E-state index in [0.29, 0.717) is 12.1 Å². The molecule has 3 aromatic rings. The molecule has 142 valence electrons. The van der Waals surface area contributed by atoms with E-state index in [4.69, 9.17) is 0 Å². The second-order valence-electron chi connectivity index (χ2n) is 7.02. The van der Waals surface area contributed by atoms with Crippen LogP contribution in [0.1, 0.15) is 62.1 Å². The minimum Gasteiger partial charge on any atom is -0.332 e. The molecule has 6 heteroatoms. The lowest BCUT2D eigenvalue weighted by atomic mass is 10.1. The predicted molar refractivity (Wildman–Crippen MR) is 112 cm³/mol. The Labute approximate surface area is 168 Å². The monoisotopic (exact) mass is 428 g/mol. The van der Waals surface area contributed by atoms with Crippen molar-refractivity contribution in [1.82, 2.24) is 19.7 Å². The van der Waals surface area contributed by atoms with E-state index < -0.39 is 0 Å². The first kappa shape index (κ1) is 19.5. The van der Waals surface area contributed by atoms with Crippen molar-refractivity contribution < 1.29 is 4.79 Å². The lowest BCUT2D eigenvalue weighted by molar-refractivity contribution is 0.0690. The van der Waals surface area contributed by atoms with Crippen LogP contribution in [-0.4, -0.2) is 32.1 Å². The van der Waals surface area contributed by atoms with Crippen LogP contribution in [0.2, 0.25) is 0 Å². The van der Waals surface area contributed by atoms with Crippen LogP contribution in [0, 0.1) is 0 Å². The molecule has 0 saturated carbocycles. The summed E-state index contributed by atoms with van der Waals surface area (Å²) in [6, 6.07) is 10.1. The molecule has 1 atom stereocenters. The lowest BCUT2D eigenvalue weighted by Crippen LogP contribution is -2.34. The highest BCUT2D eigenvalue weighted by Crippen LogP contribution is 2.29. The highest BCUT2D eigenvalue weighted by Gasteiger charge is 2.24. The number of carbonyl (C=O) groups is 1. The van der Waals surface area contributed by atoms with E-state index in [9.17, 15) is 4.79 Å². The summed E-state index contributed by atoms with van der Waals surface area (Å²) in [7, 11) is 0. The van der Waals surface area contributed by atoms with Crippen molar-refractivity contribution in [2.45, 2.75) is 46.2 Å². The first-order valence-corrected chi connectivity index (χ1v) is 10.1.